The predicted molar refractivity (Wildman–Crippen MR) is 82.9 cm³/mol. The summed E-state index contributed by atoms with van der Waals surface area (Å²) < 4.78 is 5.25. The lowest BCUT2D eigenvalue weighted by molar-refractivity contribution is 0.0705. The molecule has 2 aromatic rings. The van der Waals surface area contributed by atoms with E-state index in [0.29, 0.717) is 17.2 Å². The largest absolute Gasteiger partial charge is 0.469 e. The first kappa shape index (κ1) is 14.3. The van der Waals surface area contributed by atoms with Gasteiger partial charge in [0.15, 0.2) is 0 Å². The second-order valence-electron chi connectivity index (χ2n) is 5.67. The third-order valence-corrected chi connectivity index (χ3v) is 5.43. The molecule has 0 unspecified atom stereocenters. The Morgan fingerprint density at radius 3 is 2.86 bits per heavy atom. The molecular weight excluding hydrogens is 284 g/mol. The van der Waals surface area contributed by atoms with E-state index in [2.05, 4.69) is 18.8 Å². The van der Waals surface area contributed by atoms with Crippen molar-refractivity contribution in [2.45, 2.75) is 39.5 Å². The van der Waals surface area contributed by atoms with E-state index in [1.54, 1.807) is 23.7 Å². The normalized spacial score (nSPS) is 19.0. The van der Waals surface area contributed by atoms with E-state index >= 15 is 0 Å². The van der Waals surface area contributed by atoms with Gasteiger partial charge in [-0.15, -0.1) is 11.3 Å². The number of carbonyl (C=O) groups excluding carboxylic acids is 1. The Kier molecular flexibility index (Phi) is 3.85. The van der Waals surface area contributed by atoms with Crippen LogP contribution in [0.1, 0.15) is 50.5 Å². The van der Waals surface area contributed by atoms with Gasteiger partial charge in [-0.2, -0.15) is 0 Å². The number of piperidine rings is 1. The average molecular weight is 304 g/mol. The molecule has 1 aliphatic heterocycles. The van der Waals surface area contributed by atoms with E-state index in [4.69, 9.17) is 4.42 Å². The lowest BCUT2D eigenvalue weighted by Gasteiger charge is -2.31. The molecule has 1 atom stereocenters. The van der Waals surface area contributed by atoms with Crippen LogP contribution in [0.2, 0.25) is 0 Å². The van der Waals surface area contributed by atoms with Crippen molar-refractivity contribution in [3.63, 3.8) is 0 Å². The van der Waals surface area contributed by atoms with Gasteiger partial charge in [-0.25, -0.2) is 4.98 Å². The van der Waals surface area contributed by atoms with Crippen LogP contribution in [0.25, 0.3) is 0 Å². The first-order valence-electron chi connectivity index (χ1n) is 7.33. The Balaban J connectivity index is 1.77. The maximum absolute atomic E-state index is 12.6. The van der Waals surface area contributed by atoms with E-state index in [0.717, 1.165) is 31.6 Å². The summed E-state index contributed by atoms with van der Waals surface area (Å²) in [6.07, 6.45) is 3.73. The molecule has 0 aromatic carbocycles. The van der Waals surface area contributed by atoms with Gasteiger partial charge in [-0.05, 0) is 39.7 Å². The standard InChI is InChI=1S/C16H20N2O2S/c1-10-12(3)21-15(17-10)13-5-4-7-18(9-13)16(19)14-6-8-20-11(14)2/h6,8,13H,4-5,7,9H2,1-3H3/t13-/m0/s1. The zero-order chi connectivity index (χ0) is 15.0. The quantitative estimate of drug-likeness (QED) is 0.850. The van der Waals surface area contributed by atoms with Crippen molar-refractivity contribution in [2.75, 3.05) is 13.1 Å². The minimum Gasteiger partial charge on any atom is -0.469 e. The molecule has 1 amide bonds. The molecule has 5 heteroatoms. The SMILES string of the molecule is Cc1nc([C@H]2CCCN(C(=O)c3ccoc3C)C2)sc1C. The summed E-state index contributed by atoms with van der Waals surface area (Å²) in [5, 5.41) is 1.17. The molecule has 0 radical (unpaired) electrons. The van der Waals surface area contributed by atoms with Gasteiger partial charge in [0.1, 0.15) is 5.76 Å². The van der Waals surface area contributed by atoms with Crippen LogP contribution in [-0.2, 0) is 0 Å². The highest BCUT2D eigenvalue weighted by molar-refractivity contribution is 7.11. The number of hydrogen-bond donors (Lipinski definition) is 0. The number of likely N-dealkylation sites (tertiary alicyclic amines) is 1. The van der Waals surface area contributed by atoms with Crippen LogP contribution >= 0.6 is 11.3 Å². The fraction of sp³-hybridized carbons (Fsp3) is 0.500. The maximum atomic E-state index is 12.6. The number of furan rings is 1. The second-order valence-corrected chi connectivity index (χ2v) is 6.91. The smallest absolute Gasteiger partial charge is 0.257 e. The summed E-state index contributed by atoms with van der Waals surface area (Å²) in [4.78, 5) is 20.5. The molecule has 0 aliphatic carbocycles. The van der Waals surface area contributed by atoms with Crippen LogP contribution in [0.3, 0.4) is 0 Å². The Labute approximate surface area is 128 Å². The molecule has 3 rings (SSSR count). The van der Waals surface area contributed by atoms with Crippen LogP contribution in [0.5, 0.6) is 0 Å². The average Bonchev–Trinajstić information content (AvgIpc) is 3.05. The Morgan fingerprint density at radius 1 is 1.43 bits per heavy atom. The van der Waals surface area contributed by atoms with Crippen molar-refractivity contribution in [2.24, 2.45) is 0 Å². The van der Waals surface area contributed by atoms with Gasteiger partial charge in [0.25, 0.3) is 5.91 Å². The molecule has 3 heterocycles. The van der Waals surface area contributed by atoms with Crippen molar-refractivity contribution in [3.8, 4) is 0 Å². The van der Waals surface area contributed by atoms with Crippen LogP contribution in [0, 0.1) is 20.8 Å². The Hall–Kier alpha value is -1.62. The first-order valence-corrected chi connectivity index (χ1v) is 8.15. The van der Waals surface area contributed by atoms with E-state index < -0.39 is 0 Å². The van der Waals surface area contributed by atoms with Gasteiger partial charge in [-0.3, -0.25) is 4.79 Å². The summed E-state index contributed by atoms with van der Waals surface area (Å²) in [5.41, 5.74) is 1.80. The van der Waals surface area contributed by atoms with Crippen LogP contribution in [0.15, 0.2) is 16.7 Å². The third-order valence-electron chi connectivity index (χ3n) is 4.19. The summed E-state index contributed by atoms with van der Waals surface area (Å²) in [5.74, 6) is 1.14. The summed E-state index contributed by atoms with van der Waals surface area (Å²) >= 11 is 1.77. The van der Waals surface area contributed by atoms with Crippen molar-refractivity contribution in [3.05, 3.63) is 39.2 Å². The number of hydrogen-bond acceptors (Lipinski definition) is 4. The number of aromatic nitrogens is 1. The molecule has 0 saturated carbocycles. The molecule has 21 heavy (non-hydrogen) atoms. The monoisotopic (exact) mass is 304 g/mol. The topological polar surface area (TPSA) is 46.3 Å². The van der Waals surface area contributed by atoms with Crippen LogP contribution in [-0.4, -0.2) is 28.9 Å². The second kappa shape index (κ2) is 5.64. The molecule has 1 saturated heterocycles. The molecule has 1 fully saturated rings. The number of nitrogens with zero attached hydrogens (tertiary/aromatic N) is 2. The van der Waals surface area contributed by atoms with E-state index in [1.807, 2.05) is 11.8 Å². The van der Waals surface area contributed by atoms with E-state index in [-0.39, 0.29) is 5.91 Å². The van der Waals surface area contributed by atoms with Crippen molar-refractivity contribution in [1.82, 2.24) is 9.88 Å². The van der Waals surface area contributed by atoms with Gasteiger partial charge in [0, 0.05) is 23.9 Å². The lowest BCUT2D eigenvalue weighted by Crippen LogP contribution is -2.39. The molecule has 112 valence electrons. The van der Waals surface area contributed by atoms with Crippen molar-refractivity contribution < 1.29 is 9.21 Å². The first-order chi connectivity index (χ1) is 10.1. The van der Waals surface area contributed by atoms with Gasteiger partial charge in [-0.1, -0.05) is 0 Å². The van der Waals surface area contributed by atoms with Crippen LogP contribution < -0.4 is 0 Å². The zero-order valence-electron chi connectivity index (χ0n) is 12.7. The fourth-order valence-corrected chi connectivity index (χ4v) is 3.86. The molecule has 0 spiro atoms. The molecule has 4 nitrogen and oxygen atoms in total. The van der Waals surface area contributed by atoms with Crippen molar-refractivity contribution in [1.29, 1.82) is 0 Å². The zero-order valence-corrected chi connectivity index (χ0v) is 13.5. The van der Waals surface area contributed by atoms with E-state index in [9.17, 15) is 4.79 Å². The van der Waals surface area contributed by atoms with Gasteiger partial charge >= 0.3 is 0 Å². The fourth-order valence-electron chi connectivity index (χ4n) is 2.81. The lowest BCUT2D eigenvalue weighted by atomic mass is 9.98. The Morgan fingerprint density at radius 2 is 2.24 bits per heavy atom. The highest BCUT2D eigenvalue weighted by Gasteiger charge is 2.28. The third kappa shape index (κ3) is 2.75. The molecule has 2 aromatic heterocycles. The van der Waals surface area contributed by atoms with Gasteiger partial charge in [0.05, 0.1) is 22.5 Å². The van der Waals surface area contributed by atoms with Crippen LogP contribution in [0.4, 0.5) is 0 Å². The van der Waals surface area contributed by atoms with Crippen molar-refractivity contribution >= 4 is 17.2 Å². The summed E-state index contributed by atoms with van der Waals surface area (Å²) in [6, 6.07) is 1.76. The predicted octanol–water partition coefficient (Wildman–Crippen LogP) is 3.68. The Bertz CT molecular complexity index is 640. The molecule has 0 bridgehead atoms. The number of carbonyl (C=O) groups is 1. The number of rotatable bonds is 2. The minimum absolute atomic E-state index is 0.0796. The highest BCUT2D eigenvalue weighted by Crippen LogP contribution is 2.32. The molecular formula is C16H20N2O2S. The molecule has 1 aliphatic rings. The van der Waals surface area contributed by atoms with Gasteiger partial charge in [0.2, 0.25) is 0 Å². The summed E-state index contributed by atoms with van der Waals surface area (Å²) in [6.45, 7) is 7.58. The number of aryl methyl sites for hydroxylation is 3. The van der Waals surface area contributed by atoms with Gasteiger partial charge < -0.3 is 9.32 Å². The van der Waals surface area contributed by atoms with E-state index in [1.165, 1.54) is 9.88 Å². The minimum atomic E-state index is 0.0796. The molecule has 0 N–H and O–H groups in total. The highest BCUT2D eigenvalue weighted by atomic mass is 32.1. The number of thiazole rings is 1. The maximum Gasteiger partial charge on any atom is 0.257 e. The summed E-state index contributed by atoms with van der Waals surface area (Å²) in [7, 11) is 0. The number of amides is 1.